The molecule has 6 N–H and O–H groups in total. The summed E-state index contributed by atoms with van der Waals surface area (Å²) in [6, 6.07) is 2.88. The SMILES string of the molecule is CCC1(O)CC(OC2CC(N(C)C)C(OC3CC(O)C(O)C(C)O3)C(C)O2)c2c(cc3c(c2O)C(=O)c2c(O)cc(O)cc2C3=O)C1C(=O)OC. The summed E-state index contributed by atoms with van der Waals surface area (Å²) >= 11 is 0. The third kappa shape index (κ3) is 6.29. The number of carbonyl (C=O) groups excluding carboxylic acids is 3. The highest BCUT2D eigenvalue weighted by atomic mass is 16.7. The average molecular weight is 716 g/mol. The van der Waals surface area contributed by atoms with Crippen LogP contribution < -0.4 is 0 Å². The number of fused-ring (bicyclic) bond motifs is 3. The molecule has 6 rings (SSSR count). The predicted octanol–water partition coefficient (Wildman–Crippen LogP) is 1.74. The van der Waals surface area contributed by atoms with Crippen LogP contribution in [0.1, 0.15) is 101 Å². The van der Waals surface area contributed by atoms with Gasteiger partial charge < -0.3 is 59.2 Å². The van der Waals surface area contributed by atoms with Crippen molar-refractivity contribution in [3.63, 3.8) is 0 Å². The highest BCUT2D eigenvalue weighted by Crippen LogP contribution is 2.54. The van der Waals surface area contributed by atoms with Crippen molar-refractivity contribution in [1.29, 1.82) is 0 Å². The number of likely N-dealkylation sites (N-methyl/N-ethyl adjacent to an activating group) is 1. The molecule has 51 heavy (non-hydrogen) atoms. The van der Waals surface area contributed by atoms with Crippen LogP contribution in [-0.2, 0) is 28.5 Å². The average Bonchev–Trinajstić information content (AvgIpc) is 3.06. The Labute approximate surface area is 294 Å². The Kier molecular flexibility index (Phi) is 9.97. The minimum atomic E-state index is -1.78. The number of nitrogens with zero attached hydrogens (tertiary/aromatic N) is 1. The number of phenols is 3. The van der Waals surface area contributed by atoms with Crippen LogP contribution >= 0.6 is 0 Å². The third-order valence-electron chi connectivity index (χ3n) is 10.8. The minimum Gasteiger partial charge on any atom is -0.508 e. The summed E-state index contributed by atoms with van der Waals surface area (Å²) in [5, 5.41) is 65.0. The van der Waals surface area contributed by atoms with Crippen LogP contribution in [0.15, 0.2) is 18.2 Å². The quantitative estimate of drug-likeness (QED) is 0.192. The van der Waals surface area contributed by atoms with E-state index in [1.807, 2.05) is 19.0 Å². The van der Waals surface area contributed by atoms with Gasteiger partial charge in [-0.15, -0.1) is 0 Å². The van der Waals surface area contributed by atoms with Crippen LogP contribution in [0.25, 0.3) is 0 Å². The Hall–Kier alpha value is -3.67. The molecule has 2 aliphatic carbocycles. The maximum absolute atomic E-state index is 13.8. The lowest BCUT2D eigenvalue weighted by Crippen LogP contribution is -2.57. The first-order valence-corrected chi connectivity index (χ1v) is 17.0. The van der Waals surface area contributed by atoms with Gasteiger partial charge >= 0.3 is 5.97 Å². The fraction of sp³-hybridized carbons (Fsp3) is 0.583. The molecule has 0 amide bonds. The molecule has 2 aromatic carbocycles. The van der Waals surface area contributed by atoms with E-state index in [1.165, 1.54) is 6.07 Å². The largest absolute Gasteiger partial charge is 0.508 e. The van der Waals surface area contributed by atoms with Crippen LogP contribution in [0.4, 0.5) is 0 Å². The molecule has 15 nitrogen and oxygen atoms in total. The summed E-state index contributed by atoms with van der Waals surface area (Å²) < 4.78 is 30.0. The number of carbonyl (C=O) groups is 3. The van der Waals surface area contributed by atoms with Crippen LogP contribution in [0.5, 0.6) is 17.2 Å². The predicted molar refractivity (Wildman–Crippen MR) is 175 cm³/mol. The van der Waals surface area contributed by atoms with Gasteiger partial charge in [-0.25, -0.2) is 0 Å². The fourth-order valence-corrected chi connectivity index (χ4v) is 8.03. The number of methoxy groups -OCH3 is 1. The van der Waals surface area contributed by atoms with Gasteiger partial charge in [-0.3, -0.25) is 14.4 Å². The summed E-state index contributed by atoms with van der Waals surface area (Å²) in [7, 11) is 4.84. The van der Waals surface area contributed by atoms with Gasteiger partial charge in [0, 0.05) is 48.1 Å². The van der Waals surface area contributed by atoms with E-state index >= 15 is 0 Å². The van der Waals surface area contributed by atoms with E-state index in [1.54, 1.807) is 20.8 Å². The summed E-state index contributed by atoms with van der Waals surface area (Å²) in [6.07, 6.45) is -6.75. The van der Waals surface area contributed by atoms with Crippen molar-refractivity contribution in [1.82, 2.24) is 4.90 Å². The number of esters is 1. The van der Waals surface area contributed by atoms with Crippen LogP contribution in [-0.4, -0.2) is 129 Å². The number of hydrogen-bond donors (Lipinski definition) is 6. The van der Waals surface area contributed by atoms with Crippen molar-refractivity contribution in [2.75, 3.05) is 21.2 Å². The van der Waals surface area contributed by atoms with Crippen LogP contribution in [0.2, 0.25) is 0 Å². The zero-order valence-electron chi connectivity index (χ0n) is 29.2. The first-order chi connectivity index (χ1) is 24.0. The number of aliphatic hydroxyl groups is 3. The first-order valence-electron chi connectivity index (χ1n) is 17.0. The Balaban J connectivity index is 1.38. The zero-order chi connectivity index (χ0) is 37.3. The summed E-state index contributed by atoms with van der Waals surface area (Å²) in [6.45, 7) is 5.09. The normalized spacial score (nSPS) is 34.9. The second kappa shape index (κ2) is 13.7. The van der Waals surface area contributed by atoms with Gasteiger partial charge in [0.25, 0.3) is 0 Å². The van der Waals surface area contributed by atoms with E-state index in [2.05, 4.69) is 0 Å². The topological polar surface area (TPSA) is 222 Å². The number of ether oxygens (including phenoxy) is 5. The third-order valence-corrected chi connectivity index (χ3v) is 10.8. The molecular formula is C36H45NO14. The van der Waals surface area contributed by atoms with Gasteiger partial charge in [0.1, 0.15) is 35.4 Å². The molecule has 0 saturated carbocycles. The highest BCUT2D eigenvalue weighted by molar-refractivity contribution is 6.30. The number of ketones is 2. The molecule has 4 aliphatic rings. The maximum atomic E-state index is 13.8. The summed E-state index contributed by atoms with van der Waals surface area (Å²) in [4.78, 5) is 42.9. The lowest BCUT2D eigenvalue weighted by molar-refractivity contribution is -0.310. The van der Waals surface area contributed by atoms with E-state index in [4.69, 9.17) is 23.7 Å². The van der Waals surface area contributed by atoms with Gasteiger partial charge in [0.2, 0.25) is 5.78 Å². The molecule has 15 heteroatoms. The standard InChI is InChI=1S/C36H45NO14/c1-7-36(46)13-23(50-24-11-20(37(4)5)34(15(3)49-24)51-25-12-22(40)30(41)14(2)48-25)27-17(29(36)35(45)47-6)10-19-28(33(27)44)32(43)26-18(31(19)42)8-16(38)9-21(26)39/h8-10,14-15,20,22-25,29-30,34,38-41,44,46H,7,11-13H2,1-6H3. The lowest BCUT2D eigenvalue weighted by atomic mass is 9.67. The Morgan fingerprint density at radius 3 is 2.22 bits per heavy atom. The number of aromatic hydroxyl groups is 3. The van der Waals surface area contributed by atoms with Gasteiger partial charge in [0.15, 0.2) is 18.4 Å². The molecule has 0 aromatic heterocycles. The molecule has 0 bridgehead atoms. The van der Waals surface area contributed by atoms with E-state index in [9.17, 15) is 45.0 Å². The number of aliphatic hydroxyl groups excluding tert-OH is 2. The Morgan fingerprint density at radius 1 is 0.941 bits per heavy atom. The van der Waals surface area contributed by atoms with Crippen LogP contribution in [0, 0.1) is 0 Å². The molecule has 2 fully saturated rings. The van der Waals surface area contributed by atoms with Gasteiger partial charge in [-0.05, 0) is 52.1 Å². The molecule has 2 aromatic rings. The number of hydrogen-bond acceptors (Lipinski definition) is 15. The molecule has 2 saturated heterocycles. The van der Waals surface area contributed by atoms with E-state index < -0.39 is 107 Å². The van der Waals surface area contributed by atoms with Crippen molar-refractivity contribution < 1.29 is 68.7 Å². The number of rotatable bonds is 7. The van der Waals surface area contributed by atoms with E-state index in [0.717, 1.165) is 19.2 Å². The van der Waals surface area contributed by atoms with E-state index in [0.29, 0.717) is 0 Å². The van der Waals surface area contributed by atoms with Gasteiger partial charge in [0.05, 0.1) is 48.3 Å². The second-order valence-electron chi connectivity index (χ2n) is 14.1. The monoisotopic (exact) mass is 715 g/mol. The fourth-order valence-electron chi connectivity index (χ4n) is 8.03. The Morgan fingerprint density at radius 2 is 1.59 bits per heavy atom. The molecule has 2 heterocycles. The molecule has 278 valence electrons. The van der Waals surface area contributed by atoms with Gasteiger partial charge in [-0.2, -0.15) is 0 Å². The lowest BCUT2D eigenvalue weighted by Gasteiger charge is -2.48. The molecule has 0 radical (unpaired) electrons. The summed E-state index contributed by atoms with van der Waals surface area (Å²) in [5.74, 6) is -5.66. The Bertz CT molecular complexity index is 1720. The highest BCUT2D eigenvalue weighted by Gasteiger charge is 2.53. The molecular weight excluding hydrogens is 670 g/mol. The number of benzene rings is 2. The van der Waals surface area contributed by atoms with Crippen molar-refractivity contribution in [2.45, 2.75) is 113 Å². The van der Waals surface area contributed by atoms with Crippen molar-refractivity contribution in [3.05, 3.63) is 51.6 Å². The van der Waals surface area contributed by atoms with Gasteiger partial charge in [-0.1, -0.05) is 6.92 Å². The minimum absolute atomic E-state index is 0.0155. The van der Waals surface area contributed by atoms with Crippen molar-refractivity contribution in [3.8, 4) is 17.2 Å². The van der Waals surface area contributed by atoms with Crippen LogP contribution in [0.3, 0.4) is 0 Å². The maximum Gasteiger partial charge on any atom is 0.316 e. The second-order valence-corrected chi connectivity index (χ2v) is 14.1. The van der Waals surface area contributed by atoms with E-state index in [-0.39, 0.29) is 54.0 Å². The molecule has 11 atom stereocenters. The number of phenolic OH excluding ortho intramolecular Hbond substituents is 3. The van der Waals surface area contributed by atoms with Crippen molar-refractivity contribution in [2.24, 2.45) is 0 Å². The zero-order valence-corrected chi connectivity index (χ0v) is 29.2. The molecule has 11 unspecified atom stereocenters. The first kappa shape index (κ1) is 37.1. The smallest absolute Gasteiger partial charge is 0.316 e. The molecule has 2 aliphatic heterocycles. The summed E-state index contributed by atoms with van der Waals surface area (Å²) in [5.41, 5.74) is -3.17. The van der Waals surface area contributed by atoms with Crippen molar-refractivity contribution >= 4 is 17.5 Å². The molecule has 0 spiro atoms.